The minimum absolute atomic E-state index is 0.906. The van der Waals surface area contributed by atoms with Crippen LogP contribution in [0.4, 0.5) is 0 Å². The molecule has 27 nitrogen and oxygen atoms in total. The molecule has 0 spiro atoms. The van der Waals surface area contributed by atoms with E-state index in [-0.39, 0.29) is 0 Å². The predicted molar refractivity (Wildman–Crippen MR) is 169 cm³/mol. The molecule has 3 aliphatic heterocycles. The van der Waals surface area contributed by atoms with Crippen molar-refractivity contribution in [1.29, 1.82) is 0 Å². The average Bonchev–Trinajstić information content (AvgIpc) is 3.10. The molecule has 3 fully saturated rings. The zero-order valence-electron chi connectivity index (χ0n) is 29.3. The molecular weight excluding hydrogens is 796 g/mol. The lowest BCUT2D eigenvalue weighted by Gasteiger charge is -2.51. The van der Waals surface area contributed by atoms with E-state index in [9.17, 15) is 88.9 Å². The fourth-order valence-electron chi connectivity index (χ4n) is 6.50. The number of carbonyl (C=O) groups excluding carboxylic acids is 2. The molecule has 56 heavy (non-hydrogen) atoms. The Balaban J connectivity index is 2.08. The van der Waals surface area contributed by atoms with Gasteiger partial charge in [0, 0.05) is 26.7 Å². The fraction of sp³-hybridized carbons (Fsp3) is 0.857. The molecule has 0 radical (unpaired) electrons. The van der Waals surface area contributed by atoms with Crippen molar-refractivity contribution in [2.75, 3.05) is 19.8 Å². The Labute approximate surface area is 315 Å². The third-order valence-corrected chi connectivity index (χ3v) is 9.58. The van der Waals surface area contributed by atoms with Gasteiger partial charge in [-0.3, -0.25) is 14.1 Å². The smallest absolute Gasteiger partial charge is 0.397 e. The molecule has 0 bridgehead atoms. The van der Waals surface area contributed by atoms with E-state index in [4.69, 9.17) is 28.2 Å². The van der Waals surface area contributed by atoms with Crippen molar-refractivity contribution in [3.8, 4) is 0 Å². The van der Waals surface area contributed by atoms with E-state index < -0.39 is 170 Å². The van der Waals surface area contributed by atoms with Crippen molar-refractivity contribution in [3.05, 3.63) is 0 Å². The lowest BCUT2D eigenvalue weighted by molar-refractivity contribution is -0.371. The van der Waals surface area contributed by atoms with Gasteiger partial charge in [0.25, 0.3) is 11.6 Å². The van der Waals surface area contributed by atoms with Gasteiger partial charge in [0.1, 0.15) is 61.0 Å². The standard InChI is InChI=1S/C28H46N2O25S/c1-8(34)29-15-11(37)4-28(26(45)46,54-23-17(38)12(5-31)50-24(42)20(23)41)53-21(15)18(39)13(6-32)51-27(25(43)44)3-10(36)16(30-9(2)35)22(52-27)19(40)14(7-33)55-56(47,48)49/h10-24,31-33,36-42H,3-7H2,1-2H3,(H,29,34)(H,30,35)(H,43,44)(H,45,46)(H,47,48,49)/t10-,11-,12+,13+,14+,15+,16+,17+,18+,19+,20+,21+,22+,23-,24+,27+,28-/m0/s1. The fourth-order valence-corrected chi connectivity index (χ4v) is 6.99. The molecular formula is C28H46N2O25S. The van der Waals surface area contributed by atoms with Crippen LogP contribution in [0.3, 0.4) is 0 Å². The monoisotopic (exact) mass is 842 g/mol. The molecule has 3 aliphatic rings. The molecule has 0 aromatic rings. The maximum absolute atomic E-state index is 12.8. The molecule has 3 heterocycles. The summed E-state index contributed by atoms with van der Waals surface area (Å²) in [6, 6.07) is -3.71. The lowest BCUT2D eigenvalue weighted by atomic mass is 9.87. The number of aliphatic carboxylic acids is 2. The molecule has 15 N–H and O–H groups in total. The maximum Gasteiger partial charge on any atom is 0.397 e. The summed E-state index contributed by atoms with van der Waals surface area (Å²) in [6.07, 6.45) is -31.5. The SMILES string of the molecule is CC(=O)N[C@H]1[C@H]([C@H](O)[C@@H](CO)O[C@]2(C(=O)O)C[C@H](O)[C@@H](NC(C)=O)[C@H]([C@H](O)[C@@H](CO)OS(=O)(=O)O)O2)O[C@@](O[C@@H]2[C@@H](O)[C@H](O)O[C@H](CO)[C@H]2O)(C(=O)O)C[C@@H]1O. The number of aliphatic hydroxyl groups is 10. The van der Waals surface area contributed by atoms with Gasteiger partial charge < -0.3 is 95.6 Å². The van der Waals surface area contributed by atoms with Gasteiger partial charge in [0.05, 0.1) is 44.1 Å². The highest BCUT2D eigenvalue weighted by Crippen LogP contribution is 2.39. The number of carboxylic acids is 2. The number of amides is 2. The zero-order chi connectivity index (χ0) is 42.7. The van der Waals surface area contributed by atoms with Crippen LogP contribution in [0.2, 0.25) is 0 Å². The Morgan fingerprint density at radius 2 is 1.21 bits per heavy atom. The van der Waals surface area contributed by atoms with E-state index in [1.165, 1.54) is 0 Å². The van der Waals surface area contributed by atoms with Crippen LogP contribution in [0.1, 0.15) is 26.7 Å². The van der Waals surface area contributed by atoms with Crippen molar-refractivity contribution in [1.82, 2.24) is 10.6 Å². The van der Waals surface area contributed by atoms with E-state index in [1.807, 2.05) is 0 Å². The van der Waals surface area contributed by atoms with Crippen LogP contribution in [0.25, 0.3) is 0 Å². The number of aliphatic hydroxyl groups excluding tert-OH is 10. The van der Waals surface area contributed by atoms with Crippen molar-refractivity contribution in [2.45, 2.75) is 130 Å². The van der Waals surface area contributed by atoms with E-state index in [2.05, 4.69) is 14.8 Å². The van der Waals surface area contributed by atoms with Gasteiger partial charge in [-0.1, -0.05) is 0 Å². The summed E-state index contributed by atoms with van der Waals surface area (Å²) >= 11 is 0. The highest BCUT2D eigenvalue weighted by molar-refractivity contribution is 7.80. The highest BCUT2D eigenvalue weighted by Gasteiger charge is 2.61. The van der Waals surface area contributed by atoms with Gasteiger partial charge >= 0.3 is 22.3 Å². The van der Waals surface area contributed by atoms with E-state index in [1.54, 1.807) is 0 Å². The quantitative estimate of drug-likeness (QED) is 0.0605. The number of hydrogen-bond donors (Lipinski definition) is 15. The number of carboxylic acid groups (broad SMARTS) is 2. The summed E-state index contributed by atoms with van der Waals surface area (Å²) in [4.78, 5) is 49.7. The second-order valence-corrected chi connectivity index (χ2v) is 14.2. The third-order valence-electron chi connectivity index (χ3n) is 9.09. The van der Waals surface area contributed by atoms with Crippen molar-refractivity contribution >= 4 is 34.2 Å². The van der Waals surface area contributed by atoms with Crippen LogP contribution in [0.15, 0.2) is 0 Å². The van der Waals surface area contributed by atoms with E-state index in [0.29, 0.717) is 0 Å². The third kappa shape index (κ3) is 10.6. The van der Waals surface area contributed by atoms with Crippen LogP contribution in [-0.4, -0.2) is 221 Å². The first kappa shape index (κ1) is 47.5. The Morgan fingerprint density at radius 1 is 0.768 bits per heavy atom. The van der Waals surface area contributed by atoms with Crippen LogP contribution < -0.4 is 10.6 Å². The Hall–Kier alpha value is -2.85. The molecule has 0 saturated carbocycles. The molecule has 28 heteroatoms. The van der Waals surface area contributed by atoms with Gasteiger partial charge in [-0.25, -0.2) is 13.8 Å². The summed E-state index contributed by atoms with van der Waals surface area (Å²) in [5.74, 6) is -12.8. The van der Waals surface area contributed by atoms with Crippen LogP contribution in [0.5, 0.6) is 0 Å². The Kier molecular flexibility index (Phi) is 16.0. The first-order valence-corrected chi connectivity index (χ1v) is 17.9. The van der Waals surface area contributed by atoms with E-state index >= 15 is 0 Å². The summed E-state index contributed by atoms with van der Waals surface area (Å²) in [5.41, 5.74) is 0. The van der Waals surface area contributed by atoms with Gasteiger partial charge in [0.2, 0.25) is 11.8 Å². The summed E-state index contributed by atoms with van der Waals surface area (Å²) in [6.45, 7) is -2.05. The Bertz CT molecular complexity index is 1510. The molecule has 0 aromatic carbocycles. The van der Waals surface area contributed by atoms with Gasteiger partial charge in [-0.05, 0) is 0 Å². The minimum atomic E-state index is -5.43. The van der Waals surface area contributed by atoms with Crippen molar-refractivity contribution < 1.29 is 121 Å². The van der Waals surface area contributed by atoms with E-state index in [0.717, 1.165) is 13.8 Å². The molecule has 0 unspecified atom stereocenters. The van der Waals surface area contributed by atoms with Crippen LogP contribution in [0, 0.1) is 0 Å². The first-order chi connectivity index (χ1) is 25.9. The number of nitrogens with one attached hydrogen (secondary N) is 2. The largest absolute Gasteiger partial charge is 0.477 e. The second kappa shape index (κ2) is 18.8. The van der Waals surface area contributed by atoms with Crippen molar-refractivity contribution in [3.63, 3.8) is 0 Å². The molecule has 2 amide bonds. The second-order valence-electron chi connectivity index (χ2n) is 13.2. The number of carbonyl (C=O) groups is 4. The summed E-state index contributed by atoms with van der Waals surface area (Å²) in [5, 5.41) is 130. The summed E-state index contributed by atoms with van der Waals surface area (Å²) in [7, 11) is -5.43. The van der Waals surface area contributed by atoms with Gasteiger partial charge in [-0.2, -0.15) is 8.42 Å². The van der Waals surface area contributed by atoms with Gasteiger partial charge in [0.15, 0.2) is 6.29 Å². The summed E-state index contributed by atoms with van der Waals surface area (Å²) < 4.78 is 62.9. The zero-order valence-corrected chi connectivity index (χ0v) is 30.1. The van der Waals surface area contributed by atoms with Crippen LogP contribution >= 0.6 is 0 Å². The minimum Gasteiger partial charge on any atom is -0.477 e. The number of hydrogen-bond acceptors (Lipinski definition) is 22. The predicted octanol–water partition coefficient (Wildman–Crippen LogP) is -9.05. The van der Waals surface area contributed by atoms with Gasteiger partial charge in [-0.15, -0.1) is 0 Å². The van der Waals surface area contributed by atoms with Crippen molar-refractivity contribution in [2.24, 2.45) is 0 Å². The molecule has 0 aliphatic carbocycles. The average molecular weight is 843 g/mol. The highest BCUT2D eigenvalue weighted by atomic mass is 32.3. The topological polar surface area (TPSA) is 445 Å². The molecule has 3 saturated heterocycles. The molecule has 17 atom stereocenters. The maximum atomic E-state index is 12.8. The molecule has 0 aromatic heterocycles. The molecule has 324 valence electrons. The normalized spacial score (nSPS) is 38.8. The Morgan fingerprint density at radius 3 is 1.62 bits per heavy atom. The first-order valence-electron chi connectivity index (χ1n) is 16.5. The van der Waals surface area contributed by atoms with Crippen LogP contribution in [-0.2, 0) is 57.4 Å². The molecule has 3 rings (SSSR count). The lowest BCUT2D eigenvalue weighted by Crippen LogP contribution is -2.71. The number of ether oxygens (including phenoxy) is 5. The number of rotatable bonds is 17.